The lowest BCUT2D eigenvalue weighted by atomic mass is 10.0. The molecule has 2 aromatic rings. The number of hydrogen-bond acceptors (Lipinski definition) is 6. The van der Waals surface area contributed by atoms with Gasteiger partial charge < -0.3 is 19.5 Å². The van der Waals surface area contributed by atoms with Crippen molar-refractivity contribution >= 4 is 33.6 Å². The molecule has 0 aliphatic heterocycles. The van der Waals surface area contributed by atoms with Crippen LogP contribution < -0.4 is 14.8 Å². The molecule has 2 atom stereocenters. The summed E-state index contributed by atoms with van der Waals surface area (Å²) in [6, 6.07) is 6.62. The number of carbonyl (C=O) groups is 1. The highest BCUT2D eigenvalue weighted by Crippen LogP contribution is 2.32. The van der Waals surface area contributed by atoms with E-state index in [2.05, 4.69) is 31.2 Å². The molecule has 1 aromatic carbocycles. The summed E-state index contributed by atoms with van der Waals surface area (Å²) in [5, 5.41) is 3.45. The minimum absolute atomic E-state index is 0.296. The first kappa shape index (κ1) is 22.2. The van der Waals surface area contributed by atoms with Gasteiger partial charge in [0.15, 0.2) is 0 Å². The molecular weight excluding hydrogens is 450 g/mol. The van der Waals surface area contributed by atoms with Gasteiger partial charge in [0.05, 0.1) is 13.2 Å². The second-order valence-corrected chi connectivity index (χ2v) is 8.23. The zero-order valence-corrected chi connectivity index (χ0v) is 18.7. The highest BCUT2D eigenvalue weighted by atomic mass is 79.9. The van der Waals surface area contributed by atoms with Gasteiger partial charge in [-0.05, 0) is 61.3 Å². The number of hydrogen-bond donors (Lipinski definition) is 1. The monoisotopic (exact) mass is 471 g/mol. The van der Waals surface area contributed by atoms with Crippen LogP contribution in [0.25, 0.3) is 0 Å². The molecule has 0 saturated heterocycles. The Morgan fingerprint density at radius 1 is 1.18 bits per heavy atom. The van der Waals surface area contributed by atoms with Gasteiger partial charge in [-0.25, -0.2) is 14.8 Å². The Labute approximate surface area is 177 Å². The molecule has 0 bridgehead atoms. The average Bonchev–Trinajstić information content (AvgIpc) is 2.61. The summed E-state index contributed by atoms with van der Waals surface area (Å²) in [4.78, 5) is 20.5. The Balaban J connectivity index is 2.27. The van der Waals surface area contributed by atoms with Crippen LogP contribution in [0.1, 0.15) is 39.3 Å². The highest BCUT2D eigenvalue weighted by molar-refractivity contribution is 9.10. The van der Waals surface area contributed by atoms with E-state index in [-0.39, 0.29) is 0 Å². The lowest BCUT2D eigenvalue weighted by Gasteiger charge is -2.28. The molecule has 0 fully saturated rings. The molecule has 1 N–H and O–H groups in total. The van der Waals surface area contributed by atoms with E-state index in [0.29, 0.717) is 21.3 Å². The Hall–Kier alpha value is -2.06. The number of halogens is 2. The molecule has 0 aliphatic rings. The van der Waals surface area contributed by atoms with E-state index in [1.807, 2.05) is 19.1 Å². The number of ether oxygens (including phenoxy) is 3. The largest absolute Gasteiger partial charge is 0.480 e. The zero-order chi connectivity index (χ0) is 20.9. The van der Waals surface area contributed by atoms with Crippen LogP contribution >= 0.6 is 27.5 Å². The number of benzene rings is 1. The quantitative estimate of drug-likeness (QED) is 0.641. The summed E-state index contributed by atoms with van der Waals surface area (Å²) in [7, 11) is 1.50. The Morgan fingerprint density at radius 2 is 1.79 bits per heavy atom. The van der Waals surface area contributed by atoms with Crippen molar-refractivity contribution in [2.75, 3.05) is 7.11 Å². The maximum Gasteiger partial charge on any atom is 0.408 e. The predicted molar refractivity (Wildman–Crippen MR) is 110 cm³/mol. The fraction of sp³-hybridized carbons (Fsp3) is 0.421. The van der Waals surface area contributed by atoms with Gasteiger partial charge in [-0.15, -0.1) is 0 Å². The van der Waals surface area contributed by atoms with Crippen molar-refractivity contribution in [3.63, 3.8) is 0 Å². The van der Waals surface area contributed by atoms with Gasteiger partial charge in [-0.1, -0.05) is 23.7 Å². The summed E-state index contributed by atoms with van der Waals surface area (Å²) in [6.45, 7) is 7.22. The Kier molecular flexibility index (Phi) is 7.48. The van der Waals surface area contributed by atoms with Gasteiger partial charge in [-0.2, -0.15) is 0 Å². The average molecular weight is 473 g/mol. The van der Waals surface area contributed by atoms with Crippen LogP contribution in [0.5, 0.6) is 11.8 Å². The Morgan fingerprint density at radius 3 is 2.36 bits per heavy atom. The van der Waals surface area contributed by atoms with Gasteiger partial charge in [-0.3, -0.25) is 0 Å². The molecule has 0 unspecified atom stereocenters. The summed E-state index contributed by atoms with van der Waals surface area (Å²) < 4.78 is 17.0. The van der Waals surface area contributed by atoms with E-state index < -0.39 is 23.8 Å². The number of alkyl carbamates (subject to hydrolysis) is 1. The fourth-order valence-corrected chi connectivity index (χ4v) is 2.97. The number of methoxy groups -OCH3 is 1. The maximum atomic E-state index is 12.4. The SMILES string of the molecule is COc1ncnc(O[C@@H](C)[C@H](NC(=O)OC(C)(C)C)c2ccc(Cl)cc2)c1Br. The molecule has 1 aromatic heterocycles. The molecule has 1 amide bonds. The normalized spacial score (nSPS) is 13.4. The lowest BCUT2D eigenvalue weighted by molar-refractivity contribution is 0.0449. The predicted octanol–water partition coefficient (Wildman–Crippen LogP) is 4.93. The first-order chi connectivity index (χ1) is 13.1. The van der Waals surface area contributed by atoms with Gasteiger partial charge in [0.1, 0.15) is 22.5 Å². The van der Waals surface area contributed by atoms with Crippen LogP contribution in [-0.4, -0.2) is 34.9 Å². The van der Waals surface area contributed by atoms with E-state index in [1.54, 1.807) is 32.9 Å². The Bertz CT molecular complexity index is 812. The van der Waals surface area contributed by atoms with Crippen LogP contribution in [0.3, 0.4) is 0 Å². The zero-order valence-electron chi connectivity index (χ0n) is 16.3. The molecule has 9 heteroatoms. The molecule has 28 heavy (non-hydrogen) atoms. The van der Waals surface area contributed by atoms with E-state index in [0.717, 1.165) is 5.56 Å². The smallest absolute Gasteiger partial charge is 0.408 e. The molecule has 0 aliphatic carbocycles. The molecule has 7 nitrogen and oxygen atoms in total. The van der Waals surface area contributed by atoms with Crippen molar-refractivity contribution in [3.8, 4) is 11.8 Å². The van der Waals surface area contributed by atoms with Gasteiger partial charge in [0, 0.05) is 5.02 Å². The first-order valence-corrected chi connectivity index (χ1v) is 9.74. The molecule has 0 radical (unpaired) electrons. The van der Waals surface area contributed by atoms with Crippen LogP contribution in [0, 0.1) is 0 Å². The minimum Gasteiger partial charge on any atom is -0.480 e. The number of nitrogens with one attached hydrogen (secondary N) is 1. The van der Waals surface area contributed by atoms with Crippen LogP contribution in [0.2, 0.25) is 5.02 Å². The summed E-state index contributed by atoms with van der Waals surface area (Å²) in [5.74, 6) is 0.643. The van der Waals surface area contributed by atoms with Crippen molar-refractivity contribution in [2.45, 2.75) is 45.4 Å². The van der Waals surface area contributed by atoms with Crippen LogP contribution in [0.4, 0.5) is 4.79 Å². The maximum absolute atomic E-state index is 12.4. The number of aromatic nitrogens is 2. The first-order valence-electron chi connectivity index (χ1n) is 8.57. The molecule has 152 valence electrons. The number of nitrogens with zero attached hydrogens (tertiary/aromatic N) is 2. The molecule has 0 saturated carbocycles. The summed E-state index contributed by atoms with van der Waals surface area (Å²) in [5.41, 5.74) is 0.182. The number of amides is 1. The standard InChI is InChI=1S/C19H23BrClN3O4/c1-11(27-17-14(20)16(26-5)22-10-23-17)15(12-6-8-13(21)9-7-12)24-18(25)28-19(2,3)4/h6-11,15H,1-5H3,(H,24,25)/t11-,15-/m0/s1. The summed E-state index contributed by atoms with van der Waals surface area (Å²) in [6.07, 6.45) is 0.288. The molecule has 0 spiro atoms. The van der Waals surface area contributed by atoms with Crippen LogP contribution in [-0.2, 0) is 4.74 Å². The summed E-state index contributed by atoms with van der Waals surface area (Å²) >= 11 is 9.36. The van der Waals surface area contributed by atoms with Crippen molar-refractivity contribution < 1.29 is 19.0 Å². The lowest BCUT2D eigenvalue weighted by Crippen LogP contribution is -2.40. The third-order valence-electron chi connectivity index (χ3n) is 3.59. The topological polar surface area (TPSA) is 82.6 Å². The minimum atomic E-state index is -0.623. The van der Waals surface area contributed by atoms with Crippen LogP contribution in [0.15, 0.2) is 35.1 Å². The van der Waals surface area contributed by atoms with Crippen molar-refractivity contribution in [2.24, 2.45) is 0 Å². The second kappa shape index (κ2) is 9.43. The van der Waals surface area contributed by atoms with E-state index in [9.17, 15) is 4.79 Å². The van der Waals surface area contributed by atoms with Gasteiger partial charge in [0.25, 0.3) is 0 Å². The number of rotatable bonds is 6. The third kappa shape index (κ3) is 6.24. The van der Waals surface area contributed by atoms with E-state index in [1.165, 1.54) is 13.4 Å². The fourth-order valence-electron chi connectivity index (χ4n) is 2.38. The van der Waals surface area contributed by atoms with Gasteiger partial charge >= 0.3 is 6.09 Å². The van der Waals surface area contributed by atoms with E-state index in [4.69, 9.17) is 25.8 Å². The van der Waals surface area contributed by atoms with Crippen molar-refractivity contribution in [1.29, 1.82) is 0 Å². The third-order valence-corrected chi connectivity index (χ3v) is 4.52. The highest BCUT2D eigenvalue weighted by Gasteiger charge is 2.27. The van der Waals surface area contributed by atoms with Gasteiger partial charge in [0.2, 0.25) is 11.8 Å². The molecule has 2 rings (SSSR count). The number of carbonyl (C=O) groups excluding carboxylic acids is 1. The van der Waals surface area contributed by atoms with Crippen molar-refractivity contribution in [1.82, 2.24) is 15.3 Å². The second-order valence-electron chi connectivity index (χ2n) is 7.00. The molecule has 1 heterocycles. The van der Waals surface area contributed by atoms with Crippen molar-refractivity contribution in [3.05, 3.63) is 45.7 Å². The van der Waals surface area contributed by atoms with E-state index >= 15 is 0 Å². The molecular formula is C19H23BrClN3O4.